The van der Waals surface area contributed by atoms with Gasteiger partial charge in [0, 0.05) is 10.1 Å². The molecule has 0 spiro atoms. The van der Waals surface area contributed by atoms with E-state index in [1.165, 1.54) is 4.90 Å². The van der Waals surface area contributed by atoms with E-state index < -0.39 is 5.97 Å². The molecule has 1 aliphatic rings. The van der Waals surface area contributed by atoms with Crippen molar-refractivity contribution in [2.75, 3.05) is 0 Å². The molecule has 0 radical (unpaired) electrons. The summed E-state index contributed by atoms with van der Waals surface area (Å²) in [5.41, 5.74) is 0. The summed E-state index contributed by atoms with van der Waals surface area (Å²) in [4.78, 5) is 11.9. The number of carboxylic acid groups (broad SMARTS) is 1. The zero-order valence-electron chi connectivity index (χ0n) is 7.72. The van der Waals surface area contributed by atoms with Gasteiger partial charge in [0.25, 0.3) is 0 Å². The summed E-state index contributed by atoms with van der Waals surface area (Å²) < 4.78 is 0. The summed E-state index contributed by atoms with van der Waals surface area (Å²) >= 11 is 1.69. The van der Waals surface area contributed by atoms with Crippen LogP contribution in [0.15, 0.2) is 35.2 Å². The molecule has 3 heteroatoms. The van der Waals surface area contributed by atoms with E-state index in [9.17, 15) is 4.79 Å². The Kier molecular flexibility index (Phi) is 2.77. The van der Waals surface area contributed by atoms with Gasteiger partial charge in [-0.25, -0.2) is 0 Å². The molecule has 0 unspecified atom stereocenters. The fourth-order valence-electron chi connectivity index (χ4n) is 1.57. The largest absolute Gasteiger partial charge is 0.481 e. The van der Waals surface area contributed by atoms with Gasteiger partial charge in [0.15, 0.2) is 0 Å². The van der Waals surface area contributed by atoms with Crippen LogP contribution in [-0.4, -0.2) is 16.3 Å². The molecular formula is C11H12O2S. The number of hydrogen-bond acceptors (Lipinski definition) is 2. The van der Waals surface area contributed by atoms with Crippen LogP contribution < -0.4 is 0 Å². The van der Waals surface area contributed by atoms with Crippen molar-refractivity contribution in [1.29, 1.82) is 0 Å². The van der Waals surface area contributed by atoms with E-state index in [1.54, 1.807) is 11.8 Å². The molecule has 1 aromatic carbocycles. The van der Waals surface area contributed by atoms with Gasteiger partial charge in [0.05, 0.1) is 5.92 Å². The van der Waals surface area contributed by atoms with Gasteiger partial charge in [-0.3, -0.25) is 4.79 Å². The zero-order chi connectivity index (χ0) is 9.97. The maximum atomic E-state index is 10.8. The molecule has 2 nitrogen and oxygen atoms in total. The highest BCUT2D eigenvalue weighted by Crippen LogP contribution is 2.41. The molecule has 14 heavy (non-hydrogen) atoms. The van der Waals surface area contributed by atoms with Crippen LogP contribution in [0.5, 0.6) is 0 Å². The summed E-state index contributed by atoms with van der Waals surface area (Å²) in [6, 6.07) is 10.00. The molecule has 0 aromatic heterocycles. The van der Waals surface area contributed by atoms with E-state index in [1.807, 2.05) is 30.3 Å². The van der Waals surface area contributed by atoms with Crippen molar-refractivity contribution in [2.45, 2.75) is 23.0 Å². The summed E-state index contributed by atoms with van der Waals surface area (Å²) in [6.45, 7) is 0. The van der Waals surface area contributed by atoms with E-state index in [-0.39, 0.29) is 11.2 Å². The maximum absolute atomic E-state index is 10.8. The minimum absolute atomic E-state index is 0.139. The number of aliphatic carboxylic acids is 1. The molecule has 1 aliphatic carbocycles. The van der Waals surface area contributed by atoms with Gasteiger partial charge >= 0.3 is 5.97 Å². The Morgan fingerprint density at radius 1 is 1.29 bits per heavy atom. The fraction of sp³-hybridized carbons (Fsp3) is 0.364. The van der Waals surface area contributed by atoms with Gasteiger partial charge in [-0.1, -0.05) is 18.2 Å². The Hall–Kier alpha value is -0.960. The minimum atomic E-state index is -0.648. The average molecular weight is 208 g/mol. The minimum Gasteiger partial charge on any atom is -0.481 e. The van der Waals surface area contributed by atoms with Gasteiger partial charge < -0.3 is 5.11 Å². The van der Waals surface area contributed by atoms with Crippen LogP contribution in [0.2, 0.25) is 0 Å². The number of carboxylic acids is 1. The second-order valence-electron chi connectivity index (χ2n) is 3.49. The van der Waals surface area contributed by atoms with Crippen LogP contribution in [0.1, 0.15) is 12.8 Å². The zero-order valence-corrected chi connectivity index (χ0v) is 8.54. The third-order valence-corrected chi connectivity index (χ3v) is 3.97. The lowest BCUT2D eigenvalue weighted by molar-refractivity contribution is -0.144. The Morgan fingerprint density at radius 3 is 2.50 bits per heavy atom. The molecule has 0 aliphatic heterocycles. The Balaban J connectivity index is 1.96. The van der Waals surface area contributed by atoms with Gasteiger partial charge in [-0.05, 0) is 25.0 Å². The molecule has 74 valence electrons. The number of benzene rings is 1. The molecule has 2 rings (SSSR count). The molecule has 0 amide bonds. The van der Waals surface area contributed by atoms with Gasteiger partial charge in [-0.15, -0.1) is 11.8 Å². The van der Waals surface area contributed by atoms with E-state index >= 15 is 0 Å². The maximum Gasteiger partial charge on any atom is 0.307 e. The number of hydrogen-bond donors (Lipinski definition) is 1. The molecule has 0 heterocycles. The predicted octanol–water partition coefficient (Wildman–Crippen LogP) is 2.64. The van der Waals surface area contributed by atoms with Gasteiger partial charge in [0.2, 0.25) is 0 Å². The highest BCUT2D eigenvalue weighted by atomic mass is 32.2. The lowest BCUT2D eigenvalue weighted by Gasteiger charge is -2.32. The van der Waals surface area contributed by atoms with Crippen LogP contribution >= 0.6 is 11.8 Å². The van der Waals surface area contributed by atoms with Crippen molar-refractivity contribution in [1.82, 2.24) is 0 Å². The first kappa shape index (κ1) is 9.59. The lowest BCUT2D eigenvalue weighted by Crippen LogP contribution is -2.35. The van der Waals surface area contributed by atoms with Crippen molar-refractivity contribution >= 4 is 17.7 Å². The topological polar surface area (TPSA) is 37.3 Å². The third kappa shape index (κ3) is 1.93. The molecule has 1 aromatic rings. The predicted molar refractivity (Wildman–Crippen MR) is 56.4 cm³/mol. The van der Waals surface area contributed by atoms with Crippen molar-refractivity contribution in [2.24, 2.45) is 5.92 Å². The van der Waals surface area contributed by atoms with Crippen LogP contribution in [0, 0.1) is 5.92 Å². The molecule has 1 saturated carbocycles. The highest BCUT2D eigenvalue weighted by Gasteiger charge is 2.36. The molecular weight excluding hydrogens is 196 g/mol. The average Bonchev–Trinajstić information content (AvgIpc) is 2.13. The van der Waals surface area contributed by atoms with E-state index in [0.29, 0.717) is 0 Å². The van der Waals surface area contributed by atoms with Crippen LogP contribution in [-0.2, 0) is 4.79 Å². The van der Waals surface area contributed by atoms with Crippen LogP contribution in [0.3, 0.4) is 0 Å². The van der Waals surface area contributed by atoms with Crippen molar-refractivity contribution in [3.8, 4) is 0 Å². The fourth-order valence-corrected chi connectivity index (χ4v) is 2.90. The second kappa shape index (κ2) is 4.05. The first-order valence-corrected chi connectivity index (χ1v) is 5.60. The van der Waals surface area contributed by atoms with E-state index in [0.717, 1.165) is 12.8 Å². The second-order valence-corrected chi connectivity index (χ2v) is 4.80. The Labute approximate surface area is 87.3 Å². The highest BCUT2D eigenvalue weighted by molar-refractivity contribution is 8.00. The number of rotatable bonds is 3. The molecule has 1 N–H and O–H groups in total. The summed E-state index contributed by atoms with van der Waals surface area (Å²) in [5, 5.41) is 9.14. The summed E-state index contributed by atoms with van der Waals surface area (Å²) in [5.74, 6) is -0.787. The van der Waals surface area contributed by atoms with Crippen LogP contribution in [0.4, 0.5) is 0 Å². The Morgan fingerprint density at radius 2 is 2.00 bits per heavy atom. The van der Waals surface area contributed by atoms with Gasteiger partial charge in [-0.2, -0.15) is 0 Å². The number of carbonyl (C=O) groups is 1. The molecule has 0 bridgehead atoms. The van der Waals surface area contributed by atoms with Gasteiger partial charge in [0.1, 0.15) is 0 Å². The molecule has 2 atom stereocenters. The first-order chi connectivity index (χ1) is 6.77. The van der Waals surface area contributed by atoms with Crippen molar-refractivity contribution < 1.29 is 9.90 Å². The Bertz CT molecular complexity index is 323. The number of thioether (sulfide) groups is 1. The third-order valence-electron chi connectivity index (χ3n) is 2.56. The van der Waals surface area contributed by atoms with Crippen LogP contribution in [0.25, 0.3) is 0 Å². The smallest absolute Gasteiger partial charge is 0.307 e. The van der Waals surface area contributed by atoms with E-state index in [4.69, 9.17) is 5.11 Å². The summed E-state index contributed by atoms with van der Waals surface area (Å²) in [7, 11) is 0. The lowest BCUT2D eigenvalue weighted by atomic mass is 9.85. The SMILES string of the molecule is O=C(O)[C@H]1CC[C@H]1Sc1ccccc1. The summed E-state index contributed by atoms with van der Waals surface area (Å²) in [6.07, 6.45) is 1.86. The normalized spacial score (nSPS) is 25.4. The molecule has 0 saturated heterocycles. The van der Waals surface area contributed by atoms with E-state index in [2.05, 4.69) is 0 Å². The monoisotopic (exact) mass is 208 g/mol. The first-order valence-electron chi connectivity index (χ1n) is 4.72. The van der Waals surface area contributed by atoms with Crippen molar-refractivity contribution in [3.05, 3.63) is 30.3 Å². The molecule has 1 fully saturated rings. The van der Waals surface area contributed by atoms with Crippen molar-refractivity contribution in [3.63, 3.8) is 0 Å². The standard InChI is InChI=1S/C11H12O2S/c12-11(13)9-6-7-10(9)14-8-4-2-1-3-5-8/h1-5,9-10H,6-7H2,(H,12,13)/t9-,10+/m0/s1. The quantitative estimate of drug-likeness (QED) is 0.829.